The number of nitrogen functional groups attached to an aromatic ring is 3. The van der Waals surface area contributed by atoms with Gasteiger partial charge in [-0.15, -0.1) is 0 Å². The maximum Gasteiger partial charge on any atom is 0.253 e. The smallest absolute Gasteiger partial charge is 0.253 e. The molecule has 1 saturated carbocycles. The first-order valence-corrected chi connectivity index (χ1v) is 8.79. The predicted molar refractivity (Wildman–Crippen MR) is 108 cm³/mol. The molecule has 0 radical (unpaired) electrons. The average molecular weight is 376 g/mol. The molecule has 142 valence electrons. The number of rotatable bonds is 4. The second-order valence-electron chi connectivity index (χ2n) is 6.96. The fourth-order valence-corrected chi connectivity index (χ4v) is 3.71. The van der Waals surface area contributed by atoms with Gasteiger partial charge in [0.05, 0.1) is 39.4 Å². The molecule has 1 amide bonds. The van der Waals surface area contributed by atoms with Gasteiger partial charge in [-0.05, 0) is 31.4 Å². The van der Waals surface area contributed by atoms with Crippen molar-refractivity contribution in [2.24, 2.45) is 11.6 Å². The minimum atomic E-state index is -0.699. The number of anilines is 3. The Morgan fingerprint density at radius 1 is 1.36 bits per heavy atom. The van der Waals surface area contributed by atoms with E-state index < -0.39 is 5.91 Å². The van der Waals surface area contributed by atoms with E-state index in [0.717, 1.165) is 18.4 Å². The topological polar surface area (TPSA) is 175 Å². The number of aromatic nitrogens is 2. The summed E-state index contributed by atoms with van der Waals surface area (Å²) in [5, 5.41) is 10.3. The normalized spacial score (nSPS) is 13.5. The number of hydrazine groups is 1. The molecule has 28 heavy (non-hydrogen) atoms. The number of nitrogens with one attached hydrogen (secondary N) is 1. The number of hydrogen-bond donors (Lipinski definition) is 5. The lowest BCUT2D eigenvalue weighted by Crippen LogP contribution is -2.15. The standard InChI is InChI=1S/C19H20N8O/c1-8-2-5-12(26-24)14(21)16(8)27-17-10(6-20)15(9-3-4-9)25-7-11(17)13(18(27)22)19(23)28/h2,5,7,9,26H,3-4,21-22,24H2,1H3,(H2,23,28). The molecule has 9 nitrogen and oxygen atoms in total. The van der Waals surface area contributed by atoms with Gasteiger partial charge >= 0.3 is 0 Å². The summed E-state index contributed by atoms with van der Waals surface area (Å²) in [6, 6.07) is 5.81. The Morgan fingerprint density at radius 2 is 2.07 bits per heavy atom. The van der Waals surface area contributed by atoms with Crippen LogP contribution in [0.4, 0.5) is 17.2 Å². The molecule has 0 aliphatic heterocycles. The van der Waals surface area contributed by atoms with Crippen LogP contribution in [0.2, 0.25) is 0 Å². The Balaban J connectivity index is 2.21. The van der Waals surface area contributed by atoms with Crippen molar-refractivity contribution in [1.29, 1.82) is 5.26 Å². The average Bonchev–Trinajstić information content (AvgIpc) is 3.45. The maximum atomic E-state index is 12.2. The highest BCUT2D eigenvalue weighted by atomic mass is 16.1. The first-order chi connectivity index (χ1) is 13.4. The first-order valence-electron chi connectivity index (χ1n) is 8.79. The van der Waals surface area contributed by atoms with E-state index in [1.807, 2.05) is 13.0 Å². The summed E-state index contributed by atoms with van der Waals surface area (Å²) in [5.41, 5.74) is 24.7. The number of amides is 1. The summed E-state index contributed by atoms with van der Waals surface area (Å²) in [5.74, 6) is 5.22. The van der Waals surface area contributed by atoms with Crippen molar-refractivity contribution in [2.45, 2.75) is 25.7 Å². The lowest BCUT2D eigenvalue weighted by atomic mass is 10.1. The van der Waals surface area contributed by atoms with Gasteiger partial charge in [-0.1, -0.05) is 6.07 Å². The third kappa shape index (κ3) is 2.35. The Bertz CT molecular complexity index is 1180. The summed E-state index contributed by atoms with van der Waals surface area (Å²) in [6.45, 7) is 1.86. The zero-order valence-electron chi connectivity index (χ0n) is 15.3. The van der Waals surface area contributed by atoms with E-state index in [9.17, 15) is 10.1 Å². The number of nitrogens with two attached hydrogens (primary N) is 4. The van der Waals surface area contributed by atoms with Gasteiger partial charge in [0.2, 0.25) is 0 Å². The summed E-state index contributed by atoms with van der Waals surface area (Å²) in [4.78, 5) is 16.6. The zero-order chi connectivity index (χ0) is 20.2. The van der Waals surface area contributed by atoms with Crippen molar-refractivity contribution in [3.05, 3.63) is 40.7 Å². The van der Waals surface area contributed by atoms with Crippen LogP contribution in [0.25, 0.3) is 16.6 Å². The lowest BCUT2D eigenvalue weighted by molar-refractivity contribution is 0.100. The molecule has 1 aliphatic rings. The summed E-state index contributed by atoms with van der Waals surface area (Å²) in [7, 11) is 0. The second-order valence-corrected chi connectivity index (χ2v) is 6.96. The molecule has 1 aromatic carbocycles. The minimum absolute atomic E-state index is 0.109. The van der Waals surface area contributed by atoms with Crippen molar-refractivity contribution < 1.29 is 4.79 Å². The zero-order valence-corrected chi connectivity index (χ0v) is 15.3. The maximum absolute atomic E-state index is 12.2. The first kappa shape index (κ1) is 17.6. The molecular weight excluding hydrogens is 356 g/mol. The summed E-state index contributed by atoms with van der Waals surface area (Å²) >= 11 is 0. The molecular formula is C19H20N8O. The Kier molecular flexibility index (Phi) is 3.87. The minimum Gasteiger partial charge on any atom is -0.395 e. The van der Waals surface area contributed by atoms with Crippen LogP contribution in [0, 0.1) is 18.3 Å². The van der Waals surface area contributed by atoms with Gasteiger partial charge in [0, 0.05) is 17.5 Å². The van der Waals surface area contributed by atoms with Gasteiger partial charge in [-0.3, -0.25) is 20.2 Å². The highest BCUT2D eigenvalue weighted by Crippen LogP contribution is 2.44. The quantitative estimate of drug-likeness (QED) is 0.261. The lowest BCUT2D eigenvalue weighted by Gasteiger charge is -2.18. The van der Waals surface area contributed by atoms with Gasteiger partial charge in [0.15, 0.2) is 0 Å². The van der Waals surface area contributed by atoms with Crippen molar-refractivity contribution in [3.63, 3.8) is 0 Å². The molecule has 0 atom stereocenters. The van der Waals surface area contributed by atoms with E-state index in [4.69, 9.17) is 23.0 Å². The van der Waals surface area contributed by atoms with Gasteiger partial charge < -0.3 is 22.6 Å². The van der Waals surface area contributed by atoms with E-state index in [0.29, 0.717) is 39.2 Å². The van der Waals surface area contributed by atoms with Gasteiger partial charge in [0.25, 0.3) is 5.91 Å². The van der Waals surface area contributed by atoms with Gasteiger partial charge in [-0.2, -0.15) is 5.26 Å². The second kappa shape index (κ2) is 6.14. The van der Waals surface area contributed by atoms with Gasteiger partial charge in [0.1, 0.15) is 11.9 Å². The molecule has 2 aromatic heterocycles. The van der Waals surface area contributed by atoms with E-state index in [2.05, 4.69) is 16.5 Å². The number of carbonyl (C=O) groups is 1. The Hall–Kier alpha value is -3.77. The third-order valence-corrected chi connectivity index (χ3v) is 5.19. The molecule has 0 unspecified atom stereocenters. The van der Waals surface area contributed by atoms with E-state index in [1.165, 1.54) is 0 Å². The van der Waals surface area contributed by atoms with Crippen molar-refractivity contribution >= 4 is 34.0 Å². The van der Waals surface area contributed by atoms with Crippen molar-refractivity contribution in [3.8, 4) is 11.8 Å². The SMILES string of the molecule is Cc1ccc(NN)c(N)c1-n1c(N)c(C(N)=O)c2cnc(C3CC3)c(C#N)c21. The molecule has 0 saturated heterocycles. The third-order valence-electron chi connectivity index (χ3n) is 5.19. The van der Waals surface area contributed by atoms with Crippen LogP contribution in [0.5, 0.6) is 0 Å². The number of benzene rings is 1. The number of nitrogens with zero attached hydrogens (tertiary/aromatic N) is 3. The number of primary amides is 1. The van der Waals surface area contributed by atoms with Crippen LogP contribution in [-0.2, 0) is 0 Å². The molecule has 4 rings (SSSR count). The van der Waals surface area contributed by atoms with Crippen LogP contribution in [-0.4, -0.2) is 15.5 Å². The Labute approximate surface area is 160 Å². The van der Waals surface area contributed by atoms with Crippen molar-refractivity contribution in [1.82, 2.24) is 9.55 Å². The number of hydrogen-bond acceptors (Lipinski definition) is 7. The molecule has 1 aliphatic carbocycles. The molecule has 0 bridgehead atoms. The van der Waals surface area contributed by atoms with Crippen LogP contribution < -0.4 is 28.5 Å². The van der Waals surface area contributed by atoms with Crippen molar-refractivity contribution in [2.75, 3.05) is 16.9 Å². The monoisotopic (exact) mass is 376 g/mol. The van der Waals surface area contributed by atoms with Crippen LogP contribution in [0.1, 0.15) is 45.9 Å². The van der Waals surface area contributed by atoms with E-state index in [1.54, 1.807) is 16.8 Å². The fourth-order valence-electron chi connectivity index (χ4n) is 3.71. The number of fused-ring (bicyclic) bond motifs is 1. The summed E-state index contributed by atoms with van der Waals surface area (Å²) < 4.78 is 1.62. The molecule has 9 heteroatoms. The number of carbonyl (C=O) groups excluding carboxylic acids is 1. The van der Waals surface area contributed by atoms with Gasteiger partial charge in [-0.25, -0.2) is 0 Å². The molecule has 2 heterocycles. The molecule has 9 N–H and O–H groups in total. The molecule has 1 fully saturated rings. The van der Waals surface area contributed by atoms with Crippen LogP contribution in [0.3, 0.4) is 0 Å². The number of pyridine rings is 1. The fraction of sp³-hybridized carbons (Fsp3) is 0.211. The van der Waals surface area contributed by atoms with Crippen LogP contribution >= 0.6 is 0 Å². The Morgan fingerprint density at radius 3 is 2.64 bits per heavy atom. The predicted octanol–water partition coefficient (Wildman–Crippen LogP) is 1.63. The molecule has 0 spiro atoms. The molecule has 3 aromatic rings. The highest BCUT2D eigenvalue weighted by molar-refractivity contribution is 6.13. The van der Waals surface area contributed by atoms with E-state index in [-0.39, 0.29) is 17.3 Å². The summed E-state index contributed by atoms with van der Waals surface area (Å²) in [6.07, 6.45) is 3.51. The number of aryl methyl sites for hydroxylation is 1. The van der Waals surface area contributed by atoms with E-state index >= 15 is 0 Å². The highest BCUT2D eigenvalue weighted by Gasteiger charge is 2.32. The largest absolute Gasteiger partial charge is 0.395 e. The number of nitriles is 1. The van der Waals surface area contributed by atoms with Crippen LogP contribution in [0.15, 0.2) is 18.3 Å².